The smallest absolute Gasteiger partial charge is 0.338 e. The number of likely N-dealkylation sites (N-methyl/N-ethyl adjacent to an activating group) is 1. The minimum absolute atomic E-state index is 0.251. The Morgan fingerprint density at radius 3 is 2.20 bits per heavy atom. The van der Waals surface area contributed by atoms with Gasteiger partial charge in [0.1, 0.15) is 6.26 Å². The number of carbonyl (C=O) groups excluding carboxylic acids is 1. The third-order valence-corrected chi connectivity index (χ3v) is 3.46. The molecular formula is C17H15NO2. The normalized spacial score (nSPS) is 18.4. The highest BCUT2D eigenvalue weighted by molar-refractivity contribution is 5.84. The SMILES string of the molecule is CN1C(c2ccccc2)=COC(=O)C1c1ccccc1. The van der Waals surface area contributed by atoms with Crippen molar-refractivity contribution >= 4 is 11.7 Å². The monoisotopic (exact) mass is 265 g/mol. The molecule has 2 aromatic carbocycles. The van der Waals surface area contributed by atoms with E-state index in [0.717, 1.165) is 16.8 Å². The number of rotatable bonds is 2. The molecule has 0 radical (unpaired) electrons. The van der Waals surface area contributed by atoms with Gasteiger partial charge in [-0.2, -0.15) is 0 Å². The van der Waals surface area contributed by atoms with E-state index in [0.29, 0.717) is 0 Å². The molecule has 0 fully saturated rings. The lowest BCUT2D eigenvalue weighted by Gasteiger charge is -2.33. The highest BCUT2D eigenvalue weighted by Gasteiger charge is 2.32. The summed E-state index contributed by atoms with van der Waals surface area (Å²) < 4.78 is 5.24. The third-order valence-electron chi connectivity index (χ3n) is 3.46. The Bertz CT molecular complexity index is 635. The van der Waals surface area contributed by atoms with Crippen molar-refractivity contribution in [1.29, 1.82) is 0 Å². The van der Waals surface area contributed by atoms with E-state index in [9.17, 15) is 4.79 Å². The Hall–Kier alpha value is -2.55. The molecule has 20 heavy (non-hydrogen) atoms. The van der Waals surface area contributed by atoms with Crippen LogP contribution in [-0.4, -0.2) is 17.9 Å². The van der Waals surface area contributed by atoms with E-state index < -0.39 is 6.04 Å². The fourth-order valence-electron chi connectivity index (χ4n) is 2.43. The largest absolute Gasteiger partial charge is 0.430 e. The van der Waals surface area contributed by atoms with Crippen LogP contribution in [0.25, 0.3) is 5.70 Å². The second-order valence-electron chi connectivity index (χ2n) is 4.73. The molecule has 1 heterocycles. The number of hydrogen-bond donors (Lipinski definition) is 0. The van der Waals surface area contributed by atoms with Crippen LogP contribution >= 0.6 is 0 Å². The lowest BCUT2D eigenvalue weighted by molar-refractivity contribution is -0.144. The summed E-state index contributed by atoms with van der Waals surface area (Å²) in [5.41, 5.74) is 2.86. The Morgan fingerprint density at radius 2 is 1.55 bits per heavy atom. The van der Waals surface area contributed by atoms with E-state index in [2.05, 4.69) is 0 Å². The van der Waals surface area contributed by atoms with Crippen molar-refractivity contribution in [3.8, 4) is 0 Å². The van der Waals surface area contributed by atoms with Crippen molar-refractivity contribution in [3.63, 3.8) is 0 Å². The van der Waals surface area contributed by atoms with Crippen molar-refractivity contribution in [2.75, 3.05) is 7.05 Å². The molecule has 0 amide bonds. The molecule has 0 aromatic heterocycles. The number of benzene rings is 2. The molecule has 2 aromatic rings. The first-order chi connectivity index (χ1) is 9.77. The first-order valence-electron chi connectivity index (χ1n) is 6.51. The molecule has 3 heteroatoms. The van der Waals surface area contributed by atoms with E-state index in [1.807, 2.05) is 72.6 Å². The summed E-state index contributed by atoms with van der Waals surface area (Å²) >= 11 is 0. The minimum Gasteiger partial charge on any atom is -0.430 e. The fourth-order valence-corrected chi connectivity index (χ4v) is 2.43. The van der Waals surface area contributed by atoms with E-state index in [-0.39, 0.29) is 5.97 Å². The van der Waals surface area contributed by atoms with Gasteiger partial charge in [0.15, 0.2) is 6.04 Å². The lowest BCUT2D eigenvalue weighted by Crippen LogP contribution is -2.34. The van der Waals surface area contributed by atoms with Gasteiger partial charge in [0, 0.05) is 12.6 Å². The molecular weight excluding hydrogens is 250 g/mol. The second kappa shape index (κ2) is 5.21. The minimum atomic E-state index is -0.406. The zero-order valence-electron chi connectivity index (χ0n) is 11.2. The summed E-state index contributed by atoms with van der Waals surface area (Å²) in [5.74, 6) is -0.251. The molecule has 3 rings (SSSR count). The first-order valence-corrected chi connectivity index (χ1v) is 6.51. The van der Waals surface area contributed by atoms with Gasteiger partial charge in [-0.3, -0.25) is 0 Å². The molecule has 3 nitrogen and oxygen atoms in total. The molecule has 0 saturated carbocycles. The van der Waals surface area contributed by atoms with Gasteiger partial charge in [-0.1, -0.05) is 60.7 Å². The average Bonchev–Trinajstić information content (AvgIpc) is 2.49. The maximum absolute atomic E-state index is 12.1. The molecule has 1 aliphatic heterocycles. The predicted octanol–water partition coefficient (Wildman–Crippen LogP) is 3.21. The highest BCUT2D eigenvalue weighted by atomic mass is 16.5. The number of hydrogen-bond acceptors (Lipinski definition) is 3. The highest BCUT2D eigenvalue weighted by Crippen LogP contribution is 2.32. The molecule has 0 bridgehead atoms. The number of nitrogens with zero attached hydrogens (tertiary/aromatic N) is 1. The number of carbonyl (C=O) groups is 1. The van der Waals surface area contributed by atoms with Crippen molar-refractivity contribution in [2.45, 2.75) is 6.04 Å². The Morgan fingerprint density at radius 1 is 0.950 bits per heavy atom. The van der Waals surface area contributed by atoms with Gasteiger partial charge >= 0.3 is 5.97 Å². The number of esters is 1. The van der Waals surface area contributed by atoms with Gasteiger partial charge in [-0.15, -0.1) is 0 Å². The standard InChI is InChI=1S/C17H15NO2/c1-18-15(13-8-4-2-5-9-13)12-20-17(19)16(18)14-10-6-3-7-11-14/h2-12,16H,1H3. The molecule has 0 N–H and O–H groups in total. The van der Waals surface area contributed by atoms with Crippen LogP contribution in [0.5, 0.6) is 0 Å². The maximum Gasteiger partial charge on any atom is 0.338 e. The van der Waals surface area contributed by atoms with Crippen LogP contribution in [0, 0.1) is 0 Å². The summed E-state index contributed by atoms with van der Waals surface area (Å²) in [6.45, 7) is 0. The lowest BCUT2D eigenvalue weighted by atomic mass is 10.0. The summed E-state index contributed by atoms with van der Waals surface area (Å²) in [7, 11) is 1.91. The van der Waals surface area contributed by atoms with Gasteiger partial charge in [-0.25, -0.2) is 4.79 Å². The molecule has 1 atom stereocenters. The van der Waals surface area contributed by atoms with Crippen LogP contribution in [-0.2, 0) is 9.53 Å². The number of cyclic esters (lactones) is 1. The Labute approximate surface area is 118 Å². The summed E-state index contributed by atoms with van der Waals surface area (Å²) in [4.78, 5) is 14.0. The zero-order chi connectivity index (χ0) is 13.9. The van der Waals surface area contributed by atoms with Crippen molar-refractivity contribution in [2.24, 2.45) is 0 Å². The summed E-state index contributed by atoms with van der Waals surface area (Å²) in [6.07, 6.45) is 1.52. The van der Waals surface area contributed by atoms with Crippen molar-refractivity contribution in [1.82, 2.24) is 4.90 Å². The Balaban J connectivity index is 1.99. The van der Waals surface area contributed by atoms with Crippen LogP contribution < -0.4 is 0 Å². The van der Waals surface area contributed by atoms with Crippen LogP contribution in [0.15, 0.2) is 66.9 Å². The van der Waals surface area contributed by atoms with E-state index >= 15 is 0 Å². The topological polar surface area (TPSA) is 29.5 Å². The van der Waals surface area contributed by atoms with Gasteiger partial charge in [0.05, 0.1) is 5.70 Å². The average molecular weight is 265 g/mol. The van der Waals surface area contributed by atoms with E-state index in [1.165, 1.54) is 6.26 Å². The van der Waals surface area contributed by atoms with Crippen molar-refractivity contribution in [3.05, 3.63) is 78.1 Å². The molecule has 1 aliphatic rings. The van der Waals surface area contributed by atoms with Gasteiger partial charge in [0.25, 0.3) is 0 Å². The summed E-state index contributed by atoms with van der Waals surface area (Å²) in [6, 6.07) is 19.2. The van der Waals surface area contributed by atoms with Crippen LogP contribution in [0.3, 0.4) is 0 Å². The first kappa shape index (κ1) is 12.5. The quantitative estimate of drug-likeness (QED) is 0.781. The summed E-state index contributed by atoms with van der Waals surface area (Å²) in [5, 5.41) is 0. The number of ether oxygens (including phenoxy) is 1. The zero-order valence-corrected chi connectivity index (χ0v) is 11.2. The van der Waals surface area contributed by atoms with Gasteiger partial charge in [-0.05, 0) is 5.56 Å². The maximum atomic E-state index is 12.1. The van der Waals surface area contributed by atoms with Crippen LogP contribution in [0.1, 0.15) is 17.2 Å². The third kappa shape index (κ3) is 2.18. The fraction of sp³-hybridized carbons (Fsp3) is 0.118. The molecule has 100 valence electrons. The second-order valence-corrected chi connectivity index (χ2v) is 4.73. The van der Waals surface area contributed by atoms with Gasteiger partial charge < -0.3 is 9.64 Å². The molecule has 0 saturated heterocycles. The molecule has 1 unspecified atom stereocenters. The molecule has 0 aliphatic carbocycles. The Kier molecular flexibility index (Phi) is 3.25. The van der Waals surface area contributed by atoms with Crippen LogP contribution in [0.4, 0.5) is 0 Å². The predicted molar refractivity (Wildman–Crippen MR) is 77.5 cm³/mol. The van der Waals surface area contributed by atoms with Gasteiger partial charge in [0.2, 0.25) is 0 Å². The van der Waals surface area contributed by atoms with E-state index in [1.54, 1.807) is 0 Å². The molecule has 0 spiro atoms. The van der Waals surface area contributed by atoms with E-state index in [4.69, 9.17) is 4.74 Å². The van der Waals surface area contributed by atoms with Crippen LogP contribution in [0.2, 0.25) is 0 Å². The van der Waals surface area contributed by atoms with Crippen molar-refractivity contribution < 1.29 is 9.53 Å².